The molecule has 8 rings (SSSR count). The maximum Gasteiger partial charge on any atom is 0.120 e. The van der Waals surface area contributed by atoms with Gasteiger partial charge < -0.3 is 35.0 Å². The SMILES string of the molecule is CN1C[C@@H]1CCCOc1ccc(/C(=C(/CCCO)c2ccccc2)c2ccc(O)c(CN3CCN(c4ccc(/C(=C(/CCCO)c5ccccc5)c5ccc(O)cc5)cc4)CC3)c2)cc1. The van der Waals surface area contributed by atoms with Crippen LogP contribution in [0.3, 0.4) is 0 Å². The number of aliphatic hydroxyl groups is 2. The first-order valence-corrected chi connectivity index (χ1v) is 23.3. The summed E-state index contributed by atoms with van der Waals surface area (Å²) in [5, 5.41) is 41.3. The highest BCUT2D eigenvalue weighted by molar-refractivity contribution is 6.00. The molecule has 0 amide bonds. The number of hydrogen-bond acceptors (Lipinski definition) is 8. The molecule has 6 aromatic carbocycles. The predicted octanol–water partition coefficient (Wildman–Crippen LogP) is 10.4. The van der Waals surface area contributed by atoms with Gasteiger partial charge >= 0.3 is 0 Å². The number of hydrogen-bond donors (Lipinski definition) is 4. The Hall–Kier alpha value is -6.16. The number of likely N-dealkylation sites (N-methyl/N-ethyl adjacent to an activating group) is 1. The number of piperazine rings is 1. The number of ether oxygens (including phenoxy) is 1. The van der Waals surface area contributed by atoms with E-state index in [0.717, 1.165) is 118 Å². The van der Waals surface area contributed by atoms with Crippen LogP contribution in [-0.4, -0.2) is 95.9 Å². The summed E-state index contributed by atoms with van der Waals surface area (Å²) in [6.07, 6.45) is 4.90. The van der Waals surface area contributed by atoms with Crippen molar-refractivity contribution in [1.29, 1.82) is 0 Å². The molecule has 2 aliphatic heterocycles. The highest BCUT2D eigenvalue weighted by Crippen LogP contribution is 2.39. The summed E-state index contributed by atoms with van der Waals surface area (Å²) < 4.78 is 6.17. The van der Waals surface area contributed by atoms with Gasteiger partial charge in [-0.1, -0.05) is 103 Å². The summed E-state index contributed by atoms with van der Waals surface area (Å²) in [6.45, 7) is 6.10. The van der Waals surface area contributed by atoms with Crippen molar-refractivity contribution in [3.63, 3.8) is 0 Å². The largest absolute Gasteiger partial charge is 0.508 e. The molecule has 2 atom stereocenters. The fourth-order valence-electron chi connectivity index (χ4n) is 9.21. The maximum absolute atomic E-state index is 11.3. The lowest BCUT2D eigenvalue weighted by Gasteiger charge is -2.36. The quantitative estimate of drug-likeness (QED) is 0.0342. The molecule has 8 nitrogen and oxygen atoms in total. The van der Waals surface area contributed by atoms with Crippen molar-refractivity contribution in [3.8, 4) is 17.2 Å². The topological polar surface area (TPSA) is 99.6 Å². The highest BCUT2D eigenvalue weighted by atomic mass is 16.5. The molecular formula is C57H63N3O5. The van der Waals surface area contributed by atoms with Crippen molar-refractivity contribution in [3.05, 3.63) is 191 Å². The normalized spacial score (nSPS) is 17.1. The van der Waals surface area contributed by atoms with Gasteiger partial charge in [0.25, 0.3) is 0 Å². The van der Waals surface area contributed by atoms with Crippen LogP contribution in [0.4, 0.5) is 5.69 Å². The molecular weight excluding hydrogens is 807 g/mol. The number of allylic oxidation sites excluding steroid dienone is 2. The molecule has 0 saturated carbocycles. The first-order valence-electron chi connectivity index (χ1n) is 23.3. The van der Waals surface area contributed by atoms with Gasteiger partial charge in [-0.05, 0) is 150 Å². The highest BCUT2D eigenvalue weighted by Gasteiger charge is 2.28. The Balaban J connectivity index is 1.00. The molecule has 1 unspecified atom stereocenters. The number of phenols is 2. The van der Waals surface area contributed by atoms with Crippen LogP contribution >= 0.6 is 0 Å². The lowest BCUT2D eigenvalue weighted by atomic mass is 9.86. The minimum absolute atomic E-state index is 0.0997. The third-order valence-electron chi connectivity index (χ3n) is 12.9. The van der Waals surface area contributed by atoms with Gasteiger partial charge in [0.15, 0.2) is 0 Å². The van der Waals surface area contributed by atoms with Crippen LogP contribution in [0.25, 0.3) is 22.3 Å². The van der Waals surface area contributed by atoms with Crippen LogP contribution in [0.1, 0.15) is 77.5 Å². The van der Waals surface area contributed by atoms with E-state index in [4.69, 9.17) is 4.74 Å². The van der Waals surface area contributed by atoms with E-state index in [2.05, 4.69) is 113 Å². The predicted molar refractivity (Wildman–Crippen MR) is 265 cm³/mol. The fraction of sp³-hybridized carbons (Fsp3) is 0.298. The zero-order valence-electron chi connectivity index (χ0n) is 37.7. The van der Waals surface area contributed by atoms with E-state index in [-0.39, 0.29) is 24.7 Å². The molecule has 2 aliphatic rings. The first-order chi connectivity index (χ1) is 31.9. The average molecular weight is 870 g/mol. The van der Waals surface area contributed by atoms with Crippen molar-refractivity contribution in [2.45, 2.75) is 51.1 Å². The molecule has 0 spiro atoms. The summed E-state index contributed by atoms with van der Waals surface area (Å²) in [5.74, 6) is 1.37. The van der Waals surface area contributed by atoms with E-state index in [0.29, 0.717) is 38.5 Å². The third kappa shape index (κ3) is 11.8. The molecule has 2 saturated heterocycles. The van der Waals surface area contributed by atoms with Crippen LogP contribution in [-0.2, 0) is 6.54 Å². The number of benzene rings is 6. The second-order valence-corrected chi connectivity index (χ2v) is 17.4. The maximum atomic E-state index is 11.3. The van der Waals surface area contributed by atoms with Crippen molar-refractivity contribution in [2.75, 3.05) is 64.5 Å². The van der Waals surface area contributed by atoms with Crippen molar-refractivity contribution < 1.29 is 25.2 Å². The standard InChI is InChI=1S/C57H63N3O5/c1-58-41-50(58)15-10-38-65-52-29-22-46(23-30-52)57(54(17-9-37-62)43-13-6-3-7-14-43)47-24-31-55(64)48(39-47)40-59-32-34-60(35-33-59)49-25-18-44(19-26-49)56(45-20-27-51(63)28-21-45)53(16-8-36-61)42-11-4-2-5-12-42/h2-7,11-14,18-31,39,50,61-64H,8-10,15-17,32-38,40-41H2,1H3/b56-53+,57-54+/t50-,58?/m0/s1. The van der Waals surface area contributed by atoms with Crippen LogP contribution < -0.4 is 9.64 Å². The molecule has 0 aliphatic carbocycles. The van der Waals surface area contributed by atoms with Crippen LogP contribution in [0, 0.1) is 0 Å². The summed E-state index contributed by atoms with van der Waals surface area (Å²) in [6, 6.07) is 52.1. The Labute approximate surface area is 385 Å². The molecule has 0 bridgehead atoms. The molecule has 4 N–H and O–H groups in total. The number of nitrogens with zero attached hydrogens (tertiary/aromatic N) is 3. The monoisotopic (exact) mass is 869 g/mol. The Morgan fingerprint density at radius 2 is 1.08 bits per heavy atom. The van der Waals surface area contributed by atoms with Gasteiger partial charge in [0, 0.05) is 69.8 Å². The fourth-order valence-corrected chi connectivity index (χ4v) is 9.21. The minimum atomic E-state index is 0.0997. The lowest BCUT2D eigenvalue weighted by molar-refractivity contribution is 0.247. The van der Waals surface area contributed by atoms with Crippen LogP contribution in [0.2, 0.25) is 0 Å². The van der Waals surface area contributed by atoms with E-state index in [9.17, 15) is 20.4 Å². The second-order valence-electron chi connectivity index (χ2n) is 17.4. The van der Waals surface area contributed by atoms with Crippen LogP contribution in [0.15, 0.2) is 152 Å². The van der Waals surface area contributed by atoms with Crippen molar-refractivity contribution >= 4 is 28.0 Å². The lowest BCUT2D eigenvalue weighted by Crippen LogP contribution is -2.46. The van der Waals surface area contributed by atoms with Crippen molar-refractivity contribution in [1.82, 2.24) is 9.80 Å². The number of phenolic OH excluding ortho intramolecular Hbond substituents is 2. The number of anilines is 1. The Morgan fingerprint density at radius 3 is 1.62 bits per heavy atom. The Bertz CT molecular complexity index is 2500. The Kier molecular flexibility index (Phi) is 15.5. The zero-order valence-corrected chi connectivity index (χ0v) is 37.7. The average Bonchev–Trinajstić information content (AvgIpc) is 4.07. The van der Waals surface area contributed by atoms with E-state index in [1.165, 1.54) is 6.54 Å². The molecule has 8 heteroatoms. The van der Waals surface area contributed by atoms with Gasteiger partial charge in [-0.15, -0.1) is 0 Å². The summed E-state index contributed by atoms with van der Waals surface area (Å²) in [7, 11) is 2.17. The zero-order chi connectivity index (χ0) is 45.0. The Morgan fingerprint density at radius 1 is 0.569 bits per heavy atom. The number of aliphatic hydroxyl groups excluding tert-OH is 2. The van der Waals surface area contributed by atoms with Gasteiger partial charge in [0.1, 0.15) is 17.2 Å². The molecule has 2 fully saturated rings. The summed E-state index contributed by atoms with van der Waals surface area (Å²) in [4.78, 5) is 7.21. The molecule has 2 heterocycles. The van der Waals surface area contributed by atoms with Crippen LogP contribution in [0.5, 0.6) is 17.2 Å². The second kappa shape index (κ2) is 22.2. The molecule has 6 aromatic rings. The van der Waals surface area contributed by atoms with Gasteiger partial charge in [-0.2, -0.15) is 0 Å². The number of aromatic hydroxyl groups is 2. The third-order valence-corrected chi connectivity index (χ3v) is 12.9. The van der Waals surface area contributed by atoms with Gasteiger partial charge in [0.2, 0.25) is 0 Å². The van der Waals surface area contributed by atoms with E-state index < -0.39 is 0 Å². The van der Waals surface area contributed by atoms with E-state index in [1.807, 2.05) is 48.5 Å². The minimum Gasteiger partial charge on any atom is -0.508 e. The summed E-state index contributed by atoms with van der Waals surface area (Å²) >= 11 is 0. The smallest absolute Gasteiger partial charge is 0.120 e. The van der Waals surface area contributed by atoms with Gasteiger partial charge in [0.05, 0.1) is 6.61 Å². The van der Waals surface area contributed by atoms with E-state index in [1.54, 1.807) is 12.1 Å². The molecule has 336 valence electrons. The summed E-state index contributed by atoms with van der Waals surface area (Å²) in [5.41, 5.74) is 13.0. The number of rotatable bonds is 20. The molecule has 65 heavy (non-hydrogen) atoms. The first kappa shape index (κ1) is 45.4. The van der Waals surface area contributed by atoms with E-state index >= 15 is 0 Å². The van der Waals surface area contributed by atoms with Gasteiger partial charge in [-0.25, -0.2) is 0 Å². The molecule has 0 aromatic heterocycles. The van der Waals surface area contributed by atoms with Crippen molar-refractivity contribution in [2.24, 2.45) is 0 Å². The van der Waals surface area contributed by atoms with Gasteiger partial charge in [-0.3, -0.25) is 4.90 Å². The molecule has 0 radical (unpaired) electrons.